The van der Waals surface area contributed by atoms with E-state index in [4.69, 9.17) is 19.2 Å². The molecule has 1 fully saturated rings. The minimum absolute atomic E-state index is 0.0216. The number of halogens is 2. The highest BCUT2D eigenvalue weighted by atomic mass is 19.3. The summed E-state index contributed by atoms with van der Waals surface area (Å²) in [6.07, 6.45) is 0.570. The van der Waals surface area contributed by atoms with E-state index >= 15 is 0 Å². The number of alkyl halides is 2. The molecule has 0 bridgehead atoms. The minimum Gasteiger partial charge on any atom is -0.489 e. The molecule has 0 unspecified atom stereocenters. The summed E-state index contributed by atoms with van der Waals surface area (Å²) in [5, 5.41) is 4.15. The Balaban J connectivity index is 1.37. The first-order chi connectivity index (χ1) is 17.2. The number of anilines is 1. The molecular weight excluding hydrogens is 470 g/mol. The van der Waals surface area contributed by atoms with Crippen LogP contribution in [0.15, 0.2) is 24.3 Å². The summed E-state index contributed by atoms with van der Waals surface area (Å²) >= 11 is 0. The van der Waals surface area contributed by atoms with Gasteiger partial charge in [0.25, 0.3) is 0 Å². The van der Waals surface area contributed by atoms with Crippen molar-refractivity contribution in [2.45, 2.75) is 45.3 Å². The molecule has 36 heavy (non-hydrogen) atoms. The number of rotatable bonds is 5. The molecule has 2 aromatic carbocycles. The van der Waals surface area contributed by atoms with Gasteiger partial charge >= 0.3 is 5.92 Å². The normalized spacial score (nSPS) is 18.6. The number of ether oxygens (including phenoxy) is 3. The van der Waals surface area contributed by atoms with Crippen molar-refractivity contribution in [1.82, 2.24) is 14.9 Å². The molecule has 3 aromatic rings. The predicted octanol–water partition coefficient (Wildman–Crippen LogP) is 4.14. The molecule has 0 aliphatic carbocycles. The molecule has 0 spiro atoms. The maximum Gasteiger partial charge on any atom is 0.310 e. The number of nitrogens with zero attached hydrogens (tertiary/aromatic N) is 3. The molecule has 1 saturated heterocycles. The number of likely N-dealkylation sites (tertiary alicyclic amines) is 1. The van der Waals surface area contributed by atoms with Gasteiger partial charge in [-0.3, -0.25) is 4.79 Å². The molecule has 188 valence electrons. The zero-order chi connectivity index (χ0) is 25.2. The molecule has 3 aliphatic rings. The Morgan fingerprint density at radius 2 is 2.06 bits per heavy atom. The van der Waals surface area contributed by atoms with E-state index in [9.17, 15) is 13.6 Å². The van der Waals surface area contributed by atoms with Crippen LogP contribution in [0.5, 0.6) is 17.2 Å². The lowest BCUT2D eigenvalue weighted by Gasteiger charge is -2.38. The fraction of sp³-hybridized carbons (Fsp3) is 0.423. The quantitative estimate of drug-likeness (QED) is 0.568. The van der Waals surface area contributed by atoms with Gasteiger partial charge in [0, 0.05) is 29.9 Å². The number of fused-ring (bicyclic) bond motifs is 4. The van der Waals surface area contributed by atoms with Crippen LogP contribution < -0.4 is 19.5 Å². The maximum atomic E-state index is 14.2. The second-order valence-corrected chi connectivity index (χ2v) is 9.54. The largest absolute Gasteiger partial charge is 0.489 e. The van der Waals surface area contributed by atoms with Gasteiger partial charge in [-0.15, -0.1) is 0 Å². The molecular formula is C26H26F2N4O4. The average Bonchev–Trinajstić information content (AvgIpc) is 3.41. The van der Waals surface area contributed by atoms with Crippen LogP contribution in [0.2, 0.25) is 0 Å². The molecule has 3 aliphatic heterocycles. The first-order valence-corrected chi connectivity index (χ1v) is 12.0. The van der Waals surface area contributed by atoms with E-state index in [0.29, 0.717) is 54.8 Å². The number of hydrogen-bond acceptors (Lipinski definition) is 7. The molecule has 1 atom stereocenters. The zero-order valence-corrected chi connectivity index (χ0v) is 20.2. The van der Waals surface area contributed by atoms with Crippen molar-refractivity contribution in [2.75, 3.05) is 31.6 Å². The lowest BCUT2D eigenvalue weighted by molar-refractivity contribution is -0.137. The van der Waals surface area contributed by atoms with Crippen LogP contribution in [0.25, 0.3) is 10.9 Å². The van der Waals surface area contributed by atoms with E-state index in [1.165, 1.54) is 6.07 Å². The van der Waals surface area contributed by atoms with Gasteiger partial charge < -0.3 is 24.4 Å². The number of nitrogens with one attached hydrogen (secondary N) is 1. The van der Waals surface area contributed by atoms with Crippen molar-refractivity contribution < 1.29 is 27.8 Å². The Labute approximate surface area is 206 Å². The van der Waals surface area contributed by atoms with Crippen molar-refractivity contribution in [3.05, 3.63) is 46.8 Å². The van der Waals surface area contributed by atoms with Crippen molar-refractivity contribution in [1.29, 1.82) is 0 Å². The smallest absolute Gasteiger partial charge is 0.310 e. The molecule has 8 nitrogen and oxygen atoms in total. The summed E-state index contributed by atoms with van der Waals surface area (Å²) in [5.74, 6) is -0.338. The van der Waals surface area contributed by atoms with Crippen LogP contribution in [-0.4, -0.2) is 53.2 Å². The number of benzene rings is 2. The van der Waals surface area contributed by atoms with E-state index in [2.05, 4.69) is 10.3 Å². The lowest BCUT2D eigenvalue weighted by Crippen LogP contribution is -2.55. The Kier molecular flexibility index (Phi) is 5.17. The third-order valence-corrected chi connectivity index (χ3v) is 6.96. The van der Waals surface area contributed by atoms with Gasteiger partial charge in [0.1, 0.15) is 23.5 Å². The van der Waals surface area contributed by atoms with Gasteiger partial charge in [0.15, 0.2) is 18.1 Å². The first kappa shape index (κ1) is 22.8. The topological polar surface area (TPSA) is 85.8 Å². The molecule has 0 saturated carbocycles. The van der Waals surface area contributed by atoms with Gasteiger partial charge in [0.05, 0.1) is 36.8 Å². The Bertz CT molecular complexity index is 1390. The fourth-order valence-corrected chi connectivity index (χ4v) is 5.06. The van der Waals surface area contributed by atoms with E-state index in [0.717, 1.165) is 16.5 Å². The van der Waals surface area contributed by atoms with Gasteiger partial charge in [-0.2, -0.15) is 8.78 Å². The van der Waals surface area contributed by atoms with Gasteiger partial charge in [0.2, 0.25) is 5.91 Å². The standard InChI is InChI=1S/C26H26F2N4O4/c1-13(17-5-4-6-20-23(17)35-12-26(20,27)28)29-25-19-9-21(36-16-10-32(11-16)15(3)33)24-18(7-8-34-24)22(19)30-14(2)31-25/h4-6,9,13,16H,7-8,10-12H2,1-3H3,(H,29,30,31)/t13-/m1/s1. The lowest BCUT2D eigenvalue weighted by atomic mass is 10.0. The molecule has 1 aromatic heterocycles. The van der Waals surface area contributed by atoms with Crippen LogP contribution in [0, 0.1) is 6.92 Å². The van der Waals surface area contributed by atoms with Crippen LogP contribution in [0.4, 0.5) is 14.6 Å². The molecule has 6 rings (SSSR count). The minimum atomic E-state index is -3.00. The number of carbonyl (C=O) groups excluding carboxylic acids is 1. The van der Waals surface area contributed by atoms with Crippen molar-refractivity contribution >= 4 is 22.6 Å². The fourth-order valence-electron chi connectivity index (χ4n) is 5.06. The van der Waals surface area contributed by atoms with Gasteiger partial charge in [-0.05, 0) is 26.0 Å². The van der Waals surface area contributed by atoms with E-state index in [1.54, 1.807) is 24.0 Å². The molecule has 1 amide bonds. The molecule has 1 N–H and O–H groups in total. The average molecular weight is 497 g/mol. The number of amides is 1. The van der Waals surface area contributed by atoms with Crippen molar-refractivity contribution in [3.63, 3.8) is 0 Å². The summed E-state index contributed by atoms with van der Waals surface area (Å²) in [5.41, 5.74) is 2.27. The first-order valence-electron chi connectivity index (χ1n) is 12.0. The Hall–Kier alpha value is -3.69. The van der Waals surface area contributed by atoms with E-state index in [-0.39, 0.29) is 29.4 Å². The summed E-state index contributed by atoms with van der Waals surface area (Å²) in [4.78, 5) is 22.6. The summed E-state index contributed by atoms with van der Waals surface area (Å²) in [7, 11) is 0. The number of aromatic nitrogens is 2. The Morgan fingerprint density at radius 3 is 2.83 bits per heavy atom. The highest BCUT2D eigenvalue weighted by molar-refractivity contribution is 5.95. The highest BCUT2D eigenvalue weighted by Crippen LogP contribution is 2.46. The number of hydrogen-bond donors (Lipinski definition) is 1. The highest BCUT2D eigenvalue weighted by Gasteiger charge is 2.43. The van der Waals surface area contributed by atoms with Crippen LogP contribution in [0.1, 0.15) is 42.4 Å². The number of para-hydroxylation sites is 1. The monoisotopic (exact) mass is 496 g/mol. The van der Waals surface area contributed by atoms with Crippen LogP contribution in [-0.2, 0) is 17.1 Å². The summed E-state index contributed by atoms with van der Waals surface area (Å²) < 4.78 is 46.0. The molecule has 4 heterocycles. The maximum absolute atomic E-state index is 14.2. The second kappa shape index (κ2) is 8.18. The van der Waals surface area contributed by atoms with Crippen LogP contribution in [0.3, 0.4) is 0 Å². The van der Waals surface area contributed by atoms with Crippen molar-refractivity contribution in [3.8, 4) is 17.2 Å². The Morgan fingerprint density at radius 1 is 1.25 bits per heavy atom. The second-order valence-electron chi connectivity index (χ2n) is 9.54. The number of carbonyl (C=O) groups is 1. The SMILES string of the molecule is CC(=O)N1CC(Oc2cc3c(N[C@H](C)c4cccc5c4OCC5(F)F)nc(C)nc3c3c2OCC3)C1. The van der Waals surface area contributed by atoms with Crippen molar-refractivity contribution in [2.24, 2.45) is 0 Å². The predicted molar refractivity (Wildman–Crippen MR) is 128 cm³/mol. The molecule has 0 radical (unpaired) electrons. The van der Waals surface area contributed by atoms with Gasteiger partial charge in [-0.1, -0.05) is 12.1 Å². The third kappa shape index (κ3) is 3.66. The summed E-state index contributed by atoms with van der Waals surface area (Å²) in [6.45, 7) is 6.17. The van der Waals surface area contributed by atoms with E-state index < -0.39 is 12.5 Å². The van der Waals surface area contributed by atoms with E-state index in [1.807, 2.05) is 19.9 Å². The summed E-state index contributed by atoms with van der Waals surface area (Å²) in [6, 6.07) is 6.31. The third-order valence-electron chi connectivity index (χ3n) is 6.96. The van der Waals surface area contributed by atoms with Crippen LogP contribution >= 0.6 is 0 Å². The molecule has 10 heteroatoms. The number of aryl methyl sites for hydroxylation is 1. The van der Waals surface area contributed by atoms with Gasteiger partial charge in [-0.25, -0.2) is 9.97 Å². The zero-order valence-electron chi connectivity index (χ0n) is 20.2.